The molecule has 1 fully saturated rings. The summed E-state index contributed by atoms with van der Waals surface area (Å²) in [6.45, 7) is 4.61. The highest BCUT2D eigenvalue weighted by atomic mass is 16.5. The highest BCUT2D eigenvalue weighted by molar-refractivity contribution is 5.87. The minimum absolute atomic E-state index is 0.148. The minimum Gasteiger partial charge on any atom is -0.457 e. The molecular weight excluding hydrogens is 432 g/mol. The van der Waals surface area contributed by atoms with Crippen LogP contribution in [-0.2, 0) is 4.79 Å². The van der Waals surface area contributed by atoms with Gasteiger partial charge in [0, 0.05) is 13.1 Å². The van der Waals surface area contributed by atoms with E-state index in [0.29, 0.717) is 35.7 Å². The van der Waals surface area contributed by atoms with E-state index in [1.807, 2.05) is 30.3 Å². The standard InChI is InChI=1S/C25H24N6O3/c1-2-21(32)29-14-6-7-18(15-29)31-24-22(23(26)27-16-28-24)30(25(31)33)17-10-12-20(13-11-17)34-19-8-4-3-5-9-19/h2-5,8-13,16,18H,1,6-7,14-15H2,(H2,26,27,28). The Hall–Kier alpha value is -4.40. The molecule has 9 nitrogen and oxygen atoms in total. The molecule has 5 rings (SSSR count). The van der Waals surface area contributed by atoms with Crippen molar-refractivity contribution in [3.63, 3.8) is 0 Å². The summed E-state index contributed by atoms with van der Waals surface area (Å²) >= 11 is 0. The number of hydrogen-bond donors (Lipinski definition) is 1. The molecule has 1 unspecified atom stereocenters. The number of piperidine rings is 1. The van der Waals surface area contributed by atoms with Crippen LogP contribution in [0.2, 0.25) is 0 Å². The van der Waals surface area contributed by atoms with Crippen LogP contribution < -0.4 is 16.2 Å². The lowest BCUT2D eigenvalue weighted by Gasteiger charge is -2.32. The molecule has 0 bridgehead atoms. The summed E-state index contributed by atoms with van der Waals surface area (Å²) in [7, 11) is 0. The molecule has 1 aliphatic rings. The zero-order valence-electron chi connectivity index (χ0n) is 18.5. The van der Waals surface area contributed by atoms with Crippen LogP contribution in [0, 0.1) is 0 Å². The number of para-hydroxylation sites is 1. The molecule has 9 heteroatoms. The summed E-state index contributed by atoms with van der Waals surface area (Å²) < 4.78 is 9.02. The third kappa shape index (κ3) is 3.81. The topological polar surface area (TPSA) is 108 Å². The number of fused-ring (bicyclic) bond motifs is 1. The maximum atomic E-state index is 13.7. The largest absolute Gasteiger partial charge is 0.457 e. The first-order chi connectivity index (χ1) is 16.6. The number of amides is 1. The smallest absolute Gasteiger partial charge is 0.335 e. The molecule has 3 heterocycles. The Balaban J connectivity index is 1.56. The summed E-state index contributed by atoms with van der Waals surface area (Å²) in [4.78, 5) is 36.1. The van der Waals surface area contributed by atoms with Crippen molar-refractivity contribution < 1.29 is 9.53 Å². The van der Waals surface area contributed by atoms with Gasteiger partial charge in [-0.05, 0) is 55.3 Å². The number of anilines is 1. The van der Waals surface area contributed by atoms with E-state index in [9.17, 15) is 9.59 Å². The van der Waals surface area contributed by atoms with E-state index >= 15 is 0 Å². The van der Waals surface area contributed by atoms with Gasteiger partial charge in [0.1, 0.15) is 23.3 Å². The van der Waals surface area contributed by atoms with Gasteiger partial charge in [-0.25, -0.2) is 14.8 Å². The van der Waals surface area contributed by atoms with Crippen LogP contribution >= 0.6 is 0 Å². The monoisotopic (exact) mass is 456 g/mol. The van der Waals surface area contributed by atoms with Crippen molar-refractivity contribution in [2.45, 2.75) is 18.9 Å². The van der Waals surface area contributed by atoms with Crippen molar-refractivity contribution in [2.24, 2.45) is 0 Å². The quantitative estimate of drug-likeness (QED) is 0.462. The van der Waals surface area contributed by atoms with Gasteiger partial charge in [-0.2, -0.15) is 0 Å². The number of carbonyl (C=O) groups excluding carboxylic acids is 1. The van der Waals surface area contributed by atoms with Gasteiger partial charge in [-0.15, -0.1) is 0 Å². The SMILES string of the molecule is C=CC(=O)N1CCCC(n2c(=O)n(-c3ccc(Oc4ccccc4)cc3)c3c(N)ncnc32)C1. The number of nitrogen functional groups attached to an aromatic ring is 1. The Bertz CT molecular complexity index is 1410. The Morgan fingerprint density at radius 1 is 1.09 bits per heavy atom. The number of likely N-dealkylation sites (tertiary alicyclic amines) is 1. The lowest BCUT2D eigenvalue weighted by Crippen LogP contribution is -2.42. The van der Waals surface area contributed by atoms with Gasteiger partial charge >= 0.3 is 5.69 Å². The van der Waals surface area contributed by atoms with Crippen molar-refractivity contribution in [2.75, 3.05) is 18.8 Å². The first-order valence-corrected chi connectivity index (χ1v) is 11.0. The number of rotatable bonds is 5. The van der Waals surface area contributed by atoms with E-state index in [4.69, 9.17) is 10.5 Å². The van der Waals surface area contributed by atoms with Crippen molar-refractivity contribution in [1.82, 2.24) is 24.0 Å². The van der Waals surface area contributed by atoms with E-state index in [-0.39, 0.29) is 23.5 Å². The number of carbonyl (C=O) groups is 1. The third-order valence-electron chi connectivity index (χ3n) is 6.00. The Labute approximate surface area is 195 Å². The summed E-state index contributed by atoms with van der Waals surface area (Å²) in [6, 6.07) is 16.4. The van der Waals surface area contributed by atoms with Gasteiger partial charge in [0.25, 0.3) is 0 Å². The molecule has 4 aromatic rings. The molecule has 2 N–H and O–H groups in total. The third-order valence-corrected chi connectivity index (χ3v) is 6.00. The molecule has 2 aromatic carbocycles. The van der Waals surface area contributed by atoms with Gasteiger partial charge in [-0.3, -0.25) is 13.9 Å². The van der Waals surface area contributed by atoms with Crippen LogP contribution in [0.3, 0.4) is 0 Å². The van der Waals surface area contributed by atoms with Crippen LogP contribution in [0.5, 0.6) is 11.5 Å². The maximum absolute atomic E-state index is 13.7. The molecule has 0 aliphatic carbocycles. The second-order valence-electron chi connectivity index (χ2n) is 8.11. The summed E-state index contributed by atoms with van der Waals surface area (Å²) in [5.74, 6) is 1.42. The van der Waals surface area contributed by atoms with Crippen molar-refractivity contribution in [3.05, 3.63) is 84.1 Å². The van der Waals surface area contributed by atoms with Crippen molar-refractivity contribution >= 4 is 22.9 Å². The van der Waals surface area contributed by atoms with E-state index < -0.39 is 0 Å². The fourth-order valence-electron chi connectivity index (χ4n) is 4.42. The average Bonchev–Trinajstić information content (AvgIpc) is 3.17. The Kier molecular flexibility index (Phi) is 5.59. The number of imidazole rings is 1. The molecule has 0 spiro atoms. The van der Waals surface area contributed by atoms with E-state index in [2.05, 4.69) is 16.5 Å². The zero-order chi connectivity index (χ0) is 23.7. The minimum atomic E-state index is -0.281. The van der Waals surface area contributed by atoms with E-state index in [0.717, 1.165) is 18.6 Å². The molecular formula is C25H24N6O3. The maximum Gasteiger partial charge on any atom is 0.335 e. The molecule has 1 atom stereocenters. The summed E-state index contributed by atoms with van der Waals surface area (Å²) in [6.07, 6.45) is 4.17. The number of nitrogens with two attached hydrogens (primary N) is 1. The molecule has 1 aliphatic heterocycles. The fourth-order valence-corrected chi connectivity index (χ4v) is 4.42. The zero-order valence-corrected chi connectivity index (χ0v) is 18.5. The molecule has 0 radical (unpaired) electrons. The van der Waals surface area contributed by atoms with E-state index in [1.54, 1.807) is 33.7 Å². The van der Waals surface area contributed by atoms with Gasteiger partial charge in [0.15, 0.2) is 11.5 Å². The lowest BCUT2D eigenvalue weighted by molar-refractivity contribution is -0.127. The molecule has 2 aromatic heterocycles. The highest BCUT2D eigenvalue weighted by Crippen LogP contribution is 2.28. The molecule has 172 valence electrons. The van der Waals surface area contributed by atoms with Crippen LogP contribution in [-0.4, -0.2) is 43.0 Å². The summed E-state index contributed by atoms with van der Waals surface area (Å²) in [5.41, 5.74) is 7.43. The Morgan fingerprint density at radius 2 is 1.82 bits per heavy atom. The van der Waals surface area contributed by atoms with Crippen LogP contribution in [0.25, 0.3) is 16.9 Å². The normalized spacial score (nSPS) is 15.9. The summed E-state index contributed by atoms with van der Waals surface area (Å²) in [5, 5.41) is 0. The fraction of sp³-hybridized carbons (Fsp3) is 0.200. The molecule has 0 saturated carbocycles. The highest BCUT2D eigenvalue weighted by Gasteiger charge is 2.29. The molecule has 1 amide bonds. The first kappa shape index (κ1) is 21.4. The number of ether oxygens (including phenoxy) is 1. The van der Waals surface area contributed by atoms with Gasteiger partial charge in [0.05, 0.1) is 11.7 Å². The number of nitrogens with zero attached hydrogens (tertiary/aromatic N) is 5. The van der Waals surface area contributed by atoms with Crippen LogP contribution in [0.4, 0.5) is 5.82 Å². The van der Waals surface area contributed by atoms with E-state index in [1.165, 1.54) is 17.0 Å². The first-order valence-electron chi connectivity index (χ1n) is 11.0. The Morgan fingerprint density at radius 3 is 2.56 bits per heavy atom. The molecule has 34 heavy (non-hydrogen) atoms. The number of benzene rings is 2. The van der Waals surface area contributed by atoms with Crippen molar-refractivity contribution in [1.29, 1.82) is 0 Å². The van der Waals surface area contributed by atoms with Gasteiger partial charge in [-0.1, -0.05) is 24.8 Å². The van der Waals surface area contributed by atoms with Gasteiger partial charge in [0.2, 0.25) is 5.91 Å². The second-order valence-corrected chi connectivity index (χ2v) is 8.11. The van der Waals surface area contributed by atoms with Crippen LogP contribution in [0.1, 0.15) is 18.9 Å². The average molecular weight is 457 g/mol. The van der Waals surface area contributed by atoms with Gasteiger partial charge < -0.3 is 15.4 Å². The van der Waals surface area contributed by atoms with Crippen LogP contribution in [0.15, 0.2) is 78.4 Å². The second kappa shape index (κ2) is 8.86. The number of aromatic nitrogens is 4. The number of hydrogen-bond acceptors (Lipinski definition) is 6. The van der Waals surface area contributed by atoms with Crippen molar-refractivity contribution in [3.8, 4) is 17.2 Å². The predicted molar refractivity (Wildman–Crippen MR) is 129 cm³/mol. The predicted octanol–water partition coefficient (Wildman–Crippen LogP) is 3.31. The molecule has 1 saturated heterocycles. The lowest BCUT2D eigenvalue weighted by atomic mass is 10.1.